The number of hydrogen-bond acceptors (Lipinski definition) is 6. The number of nitrogens with one attached hydrogen (secondary N) is 1. The zero-order chi connectivity index (χ0) is 16.2. The van der Waals surface area contributed by atoms with E-state index in [1.165, 1.54) is 0 Å². The number of ether oxygens (including phenoxy) is 2. The molecule has 7 heteroatoms. The summed E-state index contributed by atoms with van der Waals surface area (Å²) in [5, 5.41) is 5.01. The summed E-state index contributed by atoms with van der Waals surface area (Å²) in [5.74, 6) is 1.41. The second-order valence-electron chi connectivity index (χ2n) is 4.59. The second kappa shape index (κ2) is 7.14. The molecule has 3 rings (SSSR count). The molecule has 0 amide bonds. The van der Waals surface area contributed by atoms with Crippen molar-refractivity contribution in [3.05, 3.63) is 45.5 Å². The Morgan fingerprint density at radius 1 is 1.22 bits per heavy atom. The molecule has 0 bridgehead atoms. The molecule has 0 aliphatic heterocycles. The molecule has 0 spiro atoms. The third-order valence-corrected chi connectivity index (χ3v) is 4.87. The van der Waals surface area contributed by atoms with Crippen LogP contribution in [0.3, 0.4) is 0 Å². The number of thiazole rings is 1. The second-order valence-corrected chi connectivity index (χ2v) is 6.79. The lowest BCUT2D eigenvalue weighted by Crippen LogP contribution is -1.96. The van der Waals surface area contributed by atoms with Gasteiger partial charge in [-0.3, -0.25) is 5.43 Å². The number of methoxy groups -OCH3 is 2. The standard InChI is InChI=1S/C16H14IN3O2S/c1-21-13-8-10(7-11(17)15(13)22-2)9-18-20-16-19-12-5-3-4-6-14(12)23-16/h3-9H,1-2H3,(H,19,20)/b18-9+. The van der Waals surface area contributed by atoms with E-state index >= 15 is 0 Å². The van der Waals surface area contributed by atoms with Crippen molar-refractivity contribution < 1.29 is 9.47 Å². The van der Waals surface area contributed by atoms with Gasteiger partial charge in [-0.05, 0) is 52.4 Å². The number of nitrogens with zero attached hydrogens (tertiary/aromatic N) is 2. The van der Waals surface area contributed by atoms with Crippen molar-refractivity contribution >= 4 is 55.5 Å². The number of hydrazone groups is 1. The lowest BCUT2D eigenvalue weighted by molar-refractivity contribution is 0.353. The molecule has 1 heterocycles. The minimum atomic E-state index is 0.681. The number of anilines is 1. The van der Waals surface area contributed by atoms with Crippen LogP contribution in [0, 0.1) is 3.57 Å². The van der Waals surface area contributed by atoms with Crippen LogP contribution in [0.5, 0.6) is 11.5 Å². The van der Waals surface area contributed by atoms with E-state index in [4.69, 9.17) is 9.47 Å². The molecular weight excluding hydrogens is 425 g/mol. The number of halogens is 1. The van der Waals surface area contributed by atoms with Gasteiger partial charge in [0.25, 0.3) is 0 Å². The molecule has 23 heavy (non-hydrogen) atoms. The molecule has 0 saturated carbocycles. The largest absolute Gasteiger partial charge is 0.493 e. The zero-order valence-electron chi connectivity index (χ0n) is 12.5. The number of benzene rings is 2. The summed E-state index contributed by atoms with van der Waals surface area (Å²) in [4.78, 5) is 4.47. The van der Waals surface area contributed by atoms with Gasteiger partial charge in [0, 0.05) is 0 Å². The Labute approximate surface area is 151 Å². The van der Waals surface area contributed by atoms with Gasteiger partial charge in [0.1, 0.15) is 0 Å². The van der Waals surface area contributed by atoms with Gasteiger partial charge in [0.05, 0.1) is 34.2 Å². The van der Waals surface area contributed by atoms with Gasteiger partial charge in [0.2, 0.25) is 5.13 Å². The van der Waals surface area contributed by atoms with Crippen molar-refractivity contribution in [3.8, 4) is 11.5 Å². The lowest BCUT2D eigenvalue weighted by atomic mass is 10.2. The van der Waals surface area contributed by atoms with E-state index in [1.807, 2.05) is 36.4 Å². The first-order valence-corrected chi connectivity index (χ1v) is 8.67. The number of para-hydroxylation sites is 1. The maximum atomic E-state index is 5.34. The Bertz CT molecular complexity index is 831. The van der Waals surface area contributed by atoms with E-state index in [2.05, 4.69) is 38.1 Å². The Kier molecular flexibility index (Phi) is 4.97. The summed E-state index contributed by atoms with van der Waals surface area (Å²) >= 11 is 3.78. The number of aromatic nitrogens is 1. The fourth-order valence-corrected chi connectivity index (χ4v) is 3.76. The summed E-state index contributed by atoms with van der Waals surface area (Å²) in [6.07, 6.45) is 1.73. The average molecular weight is 439 g/mol. The minimum absolute atomic E-state index is 0.681. The number of rotatable bonds is 5. The molecule has 2 aromatic carbocycles. The molecule has 0 aliphatic rings. The third kappa shape index (κ3) is 3.56. The highest BCUT2D eigenvalue weighted by atomic mass is 127. The first-order chi connectivity index (χ1) is 11.2. The van der Waals surface area contributed by atoms with Crippen LogP contribution in [-0.2, 0) is 0 Å². The van der Waals surface area contributed by atoms with E-state index in [0.717, 1.165) is 30.2 Å². The highest BCUT2D eigenvalue weighted by Crippen LogP contribution is 2.33. The SMILES string of the molecule is COc1cc(/C=N/Nc2nc3ccccc3s2)cc(I)c1OC. The van der Waals surface area contributed by atoms with Crippen molar-refractivity contribution in [1.82, 2.24) is 4.98 Å². The molecule has 0 atom stereocenters. The molecule has 1 aromatic heterocycles. The molecule has 0 unspecified atom stereocenters. The monoisotopic (exact) mass is 439 g/mol. The minimum Gasteiger partial charge on any atom is -0.493 e. The van der Waals surface area contributed by atoms with Crippen molar-refractivity contribution in [3.63, 3.8) is 0 Å². The van der Waals surface area contributed by atoms with E-state index in [1.54, 1.807) is 31.8 Å². The molecule has 0 aliphatic carbocycles. The van der Waals surface area contributed by atoms with Crippen molar-refractivity contribution in [2.75, 3.05) is 19.6 Å². The predicted molar refractivity (Wildman–Crippen MR) is 103 cm³/mol. The fourth-order valence-electron chi connectivity index (χ4n) is 2.09. The lowest BCUT2D eigenvalue weighted by Gasteiger charge is -2.10. The summed E-state index contributed by atoms with van der Waals surface area (Å²) < 4.78 is 12.8. The van der Waals surface area contributed by atoms with Crippen LogP contribution < -0.4 is 14.9 Å². The predicted octanol–water partition coefficient (Wildman–Crippen LogP) is 4.36. The van der Waals surface area contributed by atoms with Crippen LogP contribution in [0.25, 0.3) is 10.2 Å². The van der Waals surface area contributed by atoms with Gasteiger partial charge in [-0.25, -0.2) is 4.98 Å². The highest BCUT2D eigenvalue weighted by molar-refractivity contribution is 14.1. The van der Waals surface area contributed by atoms with Gasteiger partial charge in [-0.1, -0.05) is 23.5 Å². The Morgan fingerprint density at radius 3 is 2.78 bits per heavy atom. The van der Waals surface area contributed by atoms with Crippen molar-refractivity contribution in [2.45, 2.75) is 0 Å². The first kappa shape index (κ1) is 16.0. The number of hydrogen-bond donors (Lipinski definition) is 1. The van der Waals surface area contributed by atoms with E-state index in [9.17, 15) is 0 Å². The average Bonchev–Trinajstić information content (AvgIpc) is 2.97. The van der Waals surface area contributed by atoms with Crippen molar-refractivity contribution in [2.24, 2.45) is 5.10 Å². The molecule has 3 aromatic rings. The van der Waals surface area contributed by atoms with Crippen LogP contribution in [0.15, 0.2) is 41.5 Å². The molecule has 0 fully saturated rings. The van der Waals surface area contributed by atoms with Gasteiger partial charge in [-0.2, -0.15) is 5.10 Å². The van der Waals surface area contributed by atoms with Gasteiger partial charge in [-0.15, -0.1) is 0 Å². The fraction of sp³-hybridized carbons (Fsp3) is 0.125. The summed E-state index contributed by atoms with van der Waals surface area (Å²) in [6.45, 7) is 0. The normalized spacial score (nSPS) is 11.1. The maximum absolute atomic E-state index is 5.34. The third-order valence-electron chi connectivity index (χ3n) is 3.12. The van der Waals surface area contributed by atoms with Gasteiger partial charge < -0.3 is 9.47 Å². The molecular formula is C16H14IN3O2S. The van der Waals surface area contributed by atoms with E-state index in [-0.39, 0.29) is 0 Å². The molecule has 1 N–H and O–H groups in total. The number of fused-ring (bicyclic) bond motifs is 1. The summed E-state index contributed by atoms with van der Waals surface area (Å²) in [7, 11) is 3.25. The van der Waals surface area contributed by atoms with Gasteiger partial charge in [0.15, 0.2) is 11.5 Å². The van der Waals surface area contributed by atoms with Gasteiger partial charge >= 0.3 is 0 Å². The Hall–Kier alpha value is -1.87. The molecule has 5 nitrogen and oxygen atoms in total. The highest BCUT2D eigenvalue weighted by Gasteiger charge is 2.09. The summed E-state index contributed by atoms with van der Waals surface area (Å²) in [5.41, 5.74) is 4.86. The summed E-state index contributed by atoms with van der Waals surface area (Å²) in [6, 6.07) is 11.9. The van der Waals surface area contributed by atoms with Crippen LogP contribution in [0.2, 0.25) is 0 Å². The molecule has 118 valence electrons. The van der Waals surface area contributed by atoms with Crippen LogP contribution in [0.1, 0.15) is 5.56 Å². The topological polar surface area (TPSA) is 55.7 Å². The Balaban J connectivity index is 1.78. The van der Waals surface area contributed by atoms with Crippen LogP contribution in [0.4, 0.5) is 5.13 Å². The smallest absolute Gasteiger partial charge is 0.204 e. The first-order valence-electron chi connectivity index (χ1n) is 6.77. The van der Waals surface area contributed by atoms with Crippen molar-refractivity contribution in [1.29, 1.82) is 0 Å². The van der Waals surface area contributed by atoms with Crippen LogP contribution >= 0.6 is 33.9 Å². The Morgan fingerprint density at radius 2 is 2.04 bits per heavy atom. The van der Waals surface area contributed by atoms with E-state index < -0.39 is 0 Å². The van der Waals surface area contributed by atoms with Crippen LogP contribution in [-0.4, -0.2) is 25.4 Å². The molecule has 0 radical (unpaired) electrons. The zero-order valence-corrected chi connectivity index (χ0v) is 15.5. The quantitative estimate of drug-likeness (QED) is 0.365. The molecule has 0 saturated heterocycles. The van der Waals surface area contributed by atoms with E-state index in [0.29, 0.717) is 5.75 Å². The maximum Gasteiger partial charge on any atom is 0.204 e.